The number of carbonyl (C=O) groups excluding carboxylic acids is 1. The quantitative estimate of drug-likeness (QED) is 0.755. The van der Waals surface area contributed by atoms with Gasteiger partial charge < -0.3 is 10.6 Å². The molecule has 2 saturated carbocycles. The summed E-state index contributed by atoms with van der Waals surface area (Å²) in [6.45, 7) is 0.515. The zero-order valence-corrected chi connectivity index (χ0v) is 11.5. The Morgan fingerprint density at radius 1 is 0.778 bits per heavy atom. The fraction of sp³-hybridized carbons (Fsp3) is 0.933. The minimum atomic E-state index is 0.200. The van der Waals surface area contributed by atoms with Gasteiger partial charge in [-0.2, -0.15) is 0 Å². The van der Waals surface area contributed by atoms with Crippen molar-refractivity contribution in [3.8, 4) is 0 Å². The summed E-state index contributed by atoms with van der Waals surface area (Å²) in [6.07, 6.45) is 14.1. The van der Waals surface area contributed by atoms with E-state index in [1.165, 1.54) is 70.6 Å². The summed E-state index contributed by atoms with van der Waals surface area (Å²) in [4.78, 5) is 11.9. The van der Waals surface area contributed by atoms with Crippen molar-refractivity contribution in [1.29, 1.82) is 0 Å². The van der Waals surface area contributed by atoms with Crippen LogP contribution in [-0.2, 0) is 4.79 Å². The third kappa shape index (κ3) is 4.97. The average molecular weight is 252 g/mol. The monoisotopic (exact) mass is 252 g/mol. The lowest BCUT2D eigenvalue weighted by Gasteiger charge is -2.23. The molecule has 0 bridgehead atoms. The number of hydrogen-bond acceptors (Lipinski definition) is 2. The van der Waals surface area contributed by atoms with Crippen LogP contribution in [0.2, 0.25) is 0 Å². The minimum absolute atomic E-state index is 0.200. The van der Waals surface area contributed by atoms with Gasteiger partial charge >= 0.3 is 0 Å². The van der Waals surface area contributed by atoms with E-state index < -0.39 is 0 Å². The molecule has 2 aliphatic carbocycles. The molecule has 0 radical (unpaired) electrons. The highest BCUT2D eigenvalue weighted by molar-refractivity contribution is 5.78. The number of nitrogens with one attached hydrogen (secondary N) is 2. The van der Waals surface area contributed by atoms with Crippen LogP contribution in [0.5, 0.6) is 0 Å². The van der Waals surface area contributed by atoms with Crippen LogP contribution in [0.25, 0.3) is 0 Å². The summed E-state index contributed by atoms with van der Waals surface area (Å²) in [5.41, 5.74) is 0. The van der Waals surface area contributed by atoms with Crippen molar-refractivity contribution in [3.63, 3.8) is 0 Å². The molecule has 0 aliphatic heterocycles. The topological polar surface area (TPSA) is 41.1 Å². The van der Waals surface area contributed by atoms with Gasteiger partial charge in [-0.25, -0.2) is 0 Å². The maximum atomic E-state index is 11.9. The predicted molar refractivity (Wildman–Crippen MR) is 74.5 cm³/mol. The number of hydrogen-bond donors (Lipinski definition) is 2. The highest BCUT2D eigenvalue weighted by Crippen LogP contribution is 2.18. The first-order chi connectivity index (χ1) is 8.84. The first-order valence-corrected chi connectivity index (χ1v) is 7.87. The molecule has 0 aromatic carbocycles. The van der Waals surface area contributed by atoms with Gasteiger partial charge in [0, 0.05) is 12.1 Å². The van der Waals surface area contributed by atoms with Crippen LogP contribution < -0.4 is 10.6 Å². The Bertz CT molecular complexity index is 241. The first-order valence-electron chi connectivity index (χ1n) is 7.87. The van der Waals surface area contributed by atoms with Crippen molar-refractivity contribution >= 4 is 5.91 Å². The van der Waals surface area contributed by atoms with E-state index in [1.54, 1.807) is 0 Å². The van der Waals surface area contributed by atoms with Crippen molar-refractivity contribution in [2.24, 2.45) is 0 Å². The van der Waals surface area contributed by atoms with Crippen LogP contribution >= 0.6 is 0 Å². The summed E-state index contributed by atoms with van der Waals surface area (Å²) in [5, 5.41) is 6.61. The molecule has 18 heavy (non-hydrogen) atoms. The number of carbonyl (C=O) groups is 1. The van der Waals surface area contributed by atoms with E-state index in [9.17, 15) is 4.79 Å². The van der Waals surface area contributed by atoms with Crippen LogP contribution in [-0.4, -0.2) is 24.5 Å². The molecular weight excluding hydrogens is 224 g/mol. The van der Waals surface area contributed by atoms with Crippen molar-refractivity contribution in [1.82, 2.24) is 10.6 Å². The highest BCUT2D eigenvalue weighted by atomic mass is 16.1. The molecule has 0 aromatic rings. The van der Waals surface area contributed by atoms with Gasteiger partial charge in [-0.05, 0) is 25.7 Å². The van der Waals surface area contributed by atoms with Gasteiger partial charge in [0.25, 0.3) is 0 Å². The summed E-state index contributed by atoms with van der Waals surface area (Å²) < 4.78 is 0. The molecule has 0 saturated heterocycles. The van der Waals surface area contributed by atoms with Gasteiger partial charge in [-0.3, -0.25) is 4.79 Å². The molecule has 2 N–H and O–H groups in total. The van der Waals surface area contributed by atoms with Gasteiger partial charge in [0.05, 0.1) is 6.54 Å². The molecule has 1 amide bonds. The third-order valence-corrected chi connectivity index (χ3v) is 4.38. The summed E-state index contributed by atoms with van der Waals surface area (Å²) >= 11 is 0. The second-order valence-corrected chi connectivity index (χ2v) is 5.97. The molecule has 3 nitrogen and oxygen atoms in total. The molecule has 0 atom stereocenters. The van der Waals surface area contributed by atoms with Gasteiger partial charge in [-0.15, -0.1) is 0 Å². The molecule has 104 valence electrons. The highest BCUT2D eigenvalue weighted by Gasteiger charge is 2.17. The third-order valence-electron chi connectivity index (χ3n) is 4.38. The standard InChI is InChI=1S/C15H28N2O/c18-15(17-14-10-6-3-7-11-14)12-16-13-8-4-1-2-5-9-13/h13-14,16H,1-12H2,(H,17,18). The molecule has 3 heteroatoms. The Morgan fingerprint density at radius 3 is 1.89 bits per heavy atom. The molecule has 0 unspecified atom stereocenters. The van der Waals surface area contributed by atoms with Crippen LogP contribution in [0, 0.1) is 0 Å². The zero-order valence-electron chi connectivity index (χ0n) is 11.5. The van der Waals surface area contributed by atoms with Crippen LogP contribution in [0.3, 0.4) is 0 Å². The van der Waals surface area contributed by atoms with E-state index in [1.807, 2.05) is 0 Å². The maximum Gasteiger partial charge on any atom is 0.234 e. The Labute approximate surface area is 111 Å². The molecular formula is C15H28N2O. The Kier molecular flexibility index (Phi) is 5.98. The lowest BCUT2D eigenvalue weighted by Crippen LogP contribution is -2.43. The van der Waals surface area contributed by atoms with Crippen LogP contribution in [0.1, 0.15) is 70.6 Å². The molecule has 2 aliphatic rings. The van der Waals surface area contributed by atoms with Gasteiger partial charge in [0.15, 0.2) is 0 Å². The lowest BCUT2D eigenvalue weighted by atomic mass is 9.95. The smallest absolute Gasteiger partial charge is 0.234 e. The lowest BCUT2D eigenvalue weighted by molar-refractivity contribution is -0.121. The Balaban J connectivity index is 1.61. The first kappa shape index (κ1) is 13.9. The van der Waals surface area contributed by atoms with E-state index >= 15 is 0 Å². The Hall–Kier alpha value is -0.570. The summed E-state index contributed by atoms with van der Waals surface area (Å²) in [7, 11) is 0. The van der Waals surface area contributed by atoms with E-state index in [2.05, 4.69) is 10.6 Å². The van der Waals surface area contributed by atoms with Gasteiger partial charge in [0.1, 0.15) is 0 Å². The normalized spacial score (nSPS) is 23.6. The minimum Gasteiger partial charge on any atom is -0.352 e. The molecule has 2 fully saturated rings. The van der Waals surface area contributed by atoms with E-state index in [0.29, 0.717) is 18.6 Å². The van der Waals surface area contributed by atoms with Gasteiger partial charge in [-0.1, -0.05) is 44.9 Å². The molecule has 0 aromatic heterocycles. The van der Waals surface area contributed by atoms with Crippen molar-refractivity contribution in [2.75, 3.05) is 6.54 Å². The fourth-order valence-electron chi connectivity index (χ4n) is 3.25. The van der Waals surface area contributed by atoms with E-state index in [0.717, 1.165) is 0 Å². The van der Waals surface area contributed by atoms with Crippen molar-refractivity contribution < 1.29 is 4.79 Å². The fourth-order valence-corrected chi connectivity index (χ4v) is 3.25. The summed E-state index contributed by atoms with van der Waals surface area (Å²) in [6, 6.07) is 1.02. The molecule has 2 rings (SSSR count). The van der Waals surface area contributed by atoms with Crippen molar-refractivity contribution in [2.45, 2.75) is 82.7 Å². The van der Waals surface area contributed by atoms with Crippen LogP contribution in [0.4, 0.5) is 0 Å². The summed E-state index contributed by atoms with van der Waals surface area (Å²) in [5.74, 6) is 0.200. The predicted octanol–water partition coefficient (Wildman–Crippen LogP) is 2.75. The number of amides is 1. The molecule has 0 spiro atoms. The van der Waals surface area contributed by atoms with Gasteiger partial charge in [0.2, 0.25) is 5.91 Å². The second-order valence-electron chi connectivity index (χ2n) is 5.97. The SMILES string of the molecule is O=C(CNC1CCCCCC1)NC1CCCCC1. The van der Waals surface area contributed by atoms with E-state index in [-0.39, 0.29) is 5.91 Å². The van der Waals surface area contributed by atoms with Crippen molar-refractivity contribution in [3.05, 3.63) is 0 Å². The average Bonchev–Trinajstić information content (AvgIpc) is 2.66. The number of rotatable bonds is 4. The second kappa shape index (κ2) is 7.78. The van der Waals surface area contributed by atoms with Crippen LogP contribution in [0.15, 0.2) is 0 Å². The largest absolute Gasteiger partial charge is 0.352 e. The molecule has 0 heterocycles. The maximum absolute atomic E-state index is 11.9. The Morgan fingerprint density at radius 2 is 1.28 bits per heavy atom. The zero-order chi connectivity index (χ0) is 12.6. The van der Waals surface area contributed by atoms with E-state index in [4.69, 9.17) is 0 Å².